The molecule has 1 amide bonds. The maximum atomic E-state index is 11.5. The second-order valence-corrected chi connectivity index (χ2v) is 5.63. The van der Waals surface area contributed by atoms with Crippen molar-refractivity contribution in [3.63, 3.8) is 0 Å². The molecule has 0 N–H and O–H groups in total. The zero-order chi connectivity index (χ0) is 15.1. The number of nitrogens with zero attached hydrogens (tertiary/aromatic N) is 1. The third-order valence-corrected chi connectivity index (χ3v) is 3.89. The van der Waals surface area contributed by atoms with Gasteiger partial charge in [-0.15, -0.1) is 0 Å². The van der Waals surface area contributed by atoms with E-state index in [1.807, 2.05) is 41.3 Å². The summed E-state index contributed by atoms with van der Waals surface area (Å²) in [5.74, 6) is 0. The SMILES string of the molecule is CC(Cc1ccccc1)N(C=O)C(C)Cc1ccccc1. The minimum Gasteiger partial charge on any atom is -0.339 e. The van der Waals surface area contributed by atoms with E-state index in [-0.39, 0.29) is 12.1 Å². The maximum Gasteiger partial charge on any atom is 0.210 e. The summed E-state index contributed by atoms with van der Waals surface area (Å²) in [7, 11) is 0. The van der Waals surface area contributed by atoms with Crippen LogP contribution < -0.4 is 0 Å². The molecule has 0 saturated heterocycles. The second-order valence-electron chi connectivity index (χ2n) is 5.63. The molecule has 2 rings (SSSR count). The maximum absolute atomic E-state index is 11.5. The molecule has 2 aromatic rings. The Morgan fingerprint density at radius 3 is 1.52 bits per heavy atom. The molecule has 0 aliphatic heterocycles. The minimum atomic E-state index is 0.198. The monoisotopic (exact) mass is 281 g/mol. The van der Waals surface area contributed by atoms with Crippen molar-refractivity contribution in [2.24, 2.45) is 0 Å². The van der Waals surface area contributed by atoms with E-state index >= 15 is 0 Å². The number of carbonyl (C=O) groups excluding carboxylic acids is 1. The molecule has 0 saturated carbocycles. The number of hydrogen-bond acceptors (Lipinski definition) is 1. The molecule has 0 fully saturated rings. The molecule has 0 bridgehead atoms. The normalized spacial score (nSPS) is 13.4. The van der Waals surface area contributed by atoms with E-state index in [1.54, 1.807) is 0 Å². The van der Waals surface area contributed by atoms with Gasteiger partial charge in [0, 0.05) is 12.1 Å². The molecule has 21 heavy (non-hydrogen) atoms. The molecule has 110 valence electrons. The summed E-state index contributed by atoms with van der Waals surface area (Å²) in [6.07, 6.45) is 2.76. The second kappa shape index (κ2) is 7.63. The van der Waals surface area contributed by atoms with Crippen molar-refractivity contribution in [2.75, 3.05) is 0 Å². The van der Waals surface area contributed by atoms with E-state index in [1.165, 1.54) is 11.1 Å². The first-order chi connectivity index (χ1) is 10.2. The predicted molar refractivity (Wildman–Crippen MR) is 87.1 cm³/mol. The lowest BCUT2D eigenvalue weighted by molar-refractivity contribution is -0.121. The van der Waals surface area contributed by atoms with E-state index in [4.69, 9.17) is 0 Å². The van der Waals surface area contributed by atoms with Gasteiger partial charge in [0.2, 0.25) is 6.41 Å². The number of amides is 1. The Hall–Kier alpha value is -2.09. The lowest BCUT2D eigenvalue weighted by atomic mass is 10.0. The quantitative estimate of drug-likeness (QED) is 0.709. The van der Waals surface area contributed by atoms with Crippen molar-refractivity contribution < 1.29 is 4.79 Å². The van der Waals surface area contributed by atoms with Gasteiger partial charge in [0.05, 0.1) is 0 Å². The Morgan fingerprint density at radius 2 is 1.19 bits per heavy atom. The predicted octanol–water partition coefficient (Wildman–Crippen LogP) is 3.71. The van der Waals surface area contributed by atoms with E-state index in [2.05, 4.69) is 38.1 Å². The van der Waals surface area contributed by atoms with Gasteiger partial charge in [-0.1, -0.05) is 60.7 Å². The van der Waals surface area contributed by atoms with E-state index in [0.717, 1.165) is 19.3 Å². The van der Waals surface area contributed by atoms with Crippen LogP contribution in [0, 0.1) is 0 Å². The van der Waals surface area contributed by atoms with Crippen LogP contribution in [0.3, 0.4) is 0 Å². The lowest BCUT2D eigenvalue weighted by Crippen LogP contribution is -2.41. The molecule has 2 aromatic carbocycles. The Morgan fingerprint density at radius 1 is 0.810 bits per heavy atom. The van der Waals surface area contributed by atoms with Crippen molar-refractivity contribution in [3.05, 3.63) is 71.8 Å². The van der Waals surface area contributed by atoms with Crippen molar-refractivity contribution in [1.82, 2.24) is 4.90 Å². The van der Waals surface area contributed by atoms with Gasteiger partial charge in [-0.2, -0.15) is 0 Å². The van der Waals surface area contributed by atoms with Crippen LogP contribution in [-0.4, -0.2) is 23.4 Å². The molecule has 2 unspecified atom stereocenters. The molecule has 0 radical (unpaired) electrons. The zero-order valence-electron chi connectivity index (χ0n) is 12.8. The molecular formula is C19H23NO. The first-order valence-corrected chi connectivity index (χ1v) is 7.51. The summed E-state index contributed by atoms with van der Waals surface area (Å²) in [6.45, 7) is 4.23. The highest BCUT2D eigenvalue weighted by molar-refractivity contribution is 5.48. The largest absolute Gasteiger partial charge is 0.339 e. The van der Waals surface area contributed by atoms with Gasteiger partial charge in [-0.25, -0.2) is 0 Å². The summed E-state index contributed by atoms with van der Waals surface area (Å²) < 4.78 is 0. The first-order valence-electron chi connectivity index (χ1n) is 7.51. The van der Waals surface area contributed by atoms with Gasteiger partial charge in [-0.05, 0) is 37.8 Å². The van der Waals surface area contributed by atoms with Crippen LogP contribution in [0.25, 0.3) is 0 Å². The zero-order valence-corrected chi connectivity index (χ0v) is 12.8. The van der Waals surface area contributed by atoms with Gasteiger partial charge in [0.1, 0.15) is 0 Å². The molecule has 0 aliphatic carbocycles. The topological polar surface area (TPSA) is 20.3 Å². The molecule has 0 heterocycles. The number of rotatable bonds is 7. The van der Waals surface area contributed by atoms with Gasteiger partial charge in [0.15, 0.2) is 0 Å². The average molecular weight is 281 g/mol. The Labute approximate surface area is 127 Å². The molecular weight excluding hydrogens is 258 g/mol. The van der Waals surface area contributed by atoms with Crippen molar-refractivity contribution in [2.45, 2.75) is 38.8 Å². The number of benzene rings is 2. The van der Waals surface area contributed by atoms with Gasteiger partial charge in [0.25, 0.3) is 0 Å². The summed E-state index contributed by atoms with van der Waals surface area (Å²) in [6, 6.07) is 21.0. The molecule has 0 spiro atoms. The first kappa shape index (κ1) is 15.3. The van der Waals surface area contributed by atoms with Crippen LogP contribution in [0.4, 0.5) is 0 Å². The lowest BCUT2D eigenvalue weighted by Gasteiger charge is -2.31. The van der Waals surface area contributed by atoms with Crippen molar-refractivity contribution in [3.8, 4) is 0 Å². The van der Waals surface area contributed by atoms with Gasteiger partial charge < -0.3 is 4.90 Å². The summed E-state index contributed by atoms with van der Waals surface area (Å²) in [4.78, 5) is 13.4. The Kier molecular flexibility index (Phi) is 5.56. The standard InChI is InChI=1S/C19H23NO/c1-16(13-18-9-5-3-6-10-18)20(15-21)17(2)14-19-11-7-4-8-12-19/h3-12,15-17H,13-14H2,1-2H3. The number of carbonyl (C=O) groups is 1. The van der Waals surface area contributed by atoms with Crippen molar-refractivity contribution in [1.29, 1.82) is 0 Å². The highest BCUT2D eigenvalue weighted by atomic mass is 16.1. The number of hydrogen-bond donors (Lipinski definition) is 0. The molecule has 0 aromatic heterocycles. The fraction of sp³-hybridized carbons (Fsp3) is 0.316. The van der Waals surface area contributed by atoms with E-state index < -0.39 is 0 Å². The fourth-order valence-corrected chi connectivity index (χ4v) is 2.76. The van der Waals surface area contributed by atoms with Crippen molar-refractivity contribution >= 4 is 6.41 Å². The van der Waals surface area contributed by atoms with Crippen LogP contribution in [-0.2, 0) is 17.6 Å². The average Bonchev–Trinajstić information content (AvgIpc) is 2.50. The van der Waals surface area contributed by atoms with Crippen LogP contribution in [0.1, 0.15) is 25.0 Å². The van der Waals surface area contributed by atoms with E-state index in [0.29, 0.717) is 0 Å². The molecule has 2 atom stereocenters. The van der Waals surface area contributed by atoms with Gasteiger partial charge >= 0.3 is 0 Å². The van der Waals surface area contributed by atoms with Gasteiger partial charge in [-0.3, -0.25) is 4.79 Å². The third kappa shape index (κ3) is 4.45. The Balaban J connectivity index is 1.99. The summed E-state index contributed by atoms with van der Waals surface area (Å²) in [5.41, 5.74) is 2.53. The minimum absolute atomic E-state index is 0.198. The molecule has 2 nitrogen and oxygen atoms in total. The van der Waals surface area contributed by atoms with E-state index in [9.17, 15) is 4.79 Å². The third-order valence-electron chi connectivity index (χ3n) is 3.89. The van der Waals surface area contributed by atoms with Crippen LogP contribution in [0.5, 0.6) is 0 Å². The summed E-state index contributed by atoms with van der Waals surface area (Å²) >= 11 is 0. The smallest absolute Gasteiger partial charge is 0.210 e. The molecule has 2 heteroatoms. The highest BCUT2D eigenvalue weighted by Crippen LogP contribution is 2.13. The fourth-order valence-electron chi connectivity index (χ4n) is 2.76. The molecule has 0 aliphatic rings. The van der Waals surface area contributed by atoms with Crippen LogP contribution >= 0.6 is 0 Å². The van der Waals surface area contributed by atoms with Crippen LogP contribution in [0.2, 0.25) is 0 Å². The Bertz CT molecular complexity index is 491. The summed E-state index contributed by atoms with van der Waals surface area (Å²) in [5, 5.41) is 0. The highest BCUT2D eigenvalue weighted by Gasteiger charge is 2.18. The van der Waals surface area contributed by atoms with Crippen LogP contribution in [0.15, 0.2) is 60.7 Å².